The molecule has 1 atom stereocenters. The third-order valence-corrected chi connectivity index (χ3v) is 3.76. The van der Waals surface area contributed by atoms with Gasteiger partial charge in [0.05, 0.1) is 11.1 Å². The van der Waals surface area contributed by atoms with Gasteiger partial charge in [-0.2, -0.15) is 0 Å². The van der Waals surface area contributed by atoms with Gasteiger partial charge in [-0.05, 0) is 31.0 Å². The van der Waals surface area contributed by atoms with Crippen molar-refractivity contribution in [2.24, 2.45) is 11.1 Å². The van der Waals surface area contributed by atoms with E-state index < -0.39 is 5.41 Å². The highest BCUT2D eigenvalue weighted by Crippen LogP contribution is 2.30. The monoisotopic (exact) mass is 261 g/mol. The number of urea groups is 1. The van der Waals surface area contributed by atoms with Crippen molar-refractivity contribution in [3.05, 3.63) is 29.8 Å². The summed E-state index contributed by atoms with van der Waals surface area (Å²) in [6, 6.07) is 6.79. The largest absolute Gasteiger partial charge is 0.336 e. The molecule has 0 radical (unpaired) electrons. The average molecular weight is 261 g/mol. The molecule has 19 heavy (non-hydrogen) atoms. The van der Waals surface area contributed by atoms with Gasteiger partial charge >= 0.3 is 6.03 Å². The van der Waals surface area contributed by atoms with Crippen LogP contribution in [-0.4, -0.2) is 18.5 Å². The van der Waals surface area contributed by atoms with Gasteiger partial charge in [0.15, 0.2) is 0 Å². The zero-order valence-corrected chi connectivity index (χ0v) is 11.3. The number of hydrogen-bond donors (Lipinski definition) is 2. The molecule has 1 aromatic carbocycles. The van der Waals surface area contributed by atoms with Gasteiger partial charge in [0, 0.05) is 13.1 Å². The van der Waals surface area contributed by atoms with E-state index in [1.165, 1.54) is 4.90 Å². The molecular formula is C14H19N3O2. The van der Waals surface area contributed by atoms with Crippen molar-refractivity contribution in [1.29, 1.82) is 0 Å². The Hall–Kier alpha value is -1.88. The van der Waals surface area contributed by atoms with Crippen LogP contribution in [0.15, 0.2) is 24.3 Å². The average Bonchev–Trinajstić information content (AvgIpc) is 2.44. The second-order valence-electron chi connectivity index (χ2n) is 5.08. The van der Waals surface area contributed by atoms with Crippen molar-refractivity contribution >= 4 is 17.6 Å². The number of benzene rings is 1. The predicted molar refractivity (Wildman–Crippen MR) is 73.6 cm³/mol. The number of nitrogens with one attached hydrogen (secondary N) is 1. The first kappa shape index (κ1) is 13.5. The zero-order chi connectivity index (χ0) is 14.0. The predicted octanol–water partition coefficient (Wildman–Crippen LogP) is 1.62. The van der Waals surface area contributed by atoms with E-state index in [0.717, 1.165) is 5.56 Å². The topological polar surface area (TPSA) is 75.4 Å². The van der Waals surface area contributed by atoms with Crippen LogP contribution in [0.25, 0.3) is 0 Å². The zero-order valence-electron chi connectivity index (χ0n) is 11.3. The number of hydrogen-bond acceptors (Lipinski definition) is 3. The first-order chi connectivity index (χ1) is 9.01. The highest BCUT2D eigenvalue weighted by atomic mass is 16.2. The lowest BCUT2D eigenvalue weighted by Crippen LogP contribution is -2.59. The minimum atomic E-state index is -0.541. The fourth-order valence-corrected chi connectivity index (χ4v) is 2.08. The molecule has 0 bridgehead atoms. The lowest BCUT2D eigenvalue weighted by Gasteiger charge is -2.38. The van der Waals surface area contributed by atoms with Gasteiger partial charge in [-0.1, -0.05) is 19.1 Å². The summed E-state index contributed by atoms with van der Waals surface area (Å²) in [7, 11) is 0. The molecule has 1 aliphatic rings. The van der Waals surface area contributed by atoms with E-state index in [4.69, 9.17) is 5.73 Å². The lowest BCUT2D eigenvalue weighted by molar-refractivity contribution is -0.127. The maximum atomic E-state index is 12.5. The van der Waals surface area contributed by atoms with Crippen molar-refractivity contribution in [3.8, 4) is 0 Å². The molecule has 3 N–H and O–H groups in total. The maximum absolute atomic E-state index is 12.5. The molecule has 1 aromatic rings. The summed E-state index contributed by atoms with van der Waals surface area (Å²) in [6.45, 7) is 4.65. The number of rotatable bonds is 3. The fraction of sp³-hybridized carbons (Fsp3) is 0.429. The molecule has 0 saturated carbocycles. The Kier molecular flexibility index (Phi) is 3.57. The van der Waals surface area contributed by atoms with Gasteiger partial charge in [-0.15, -0.1) is 0 Å². The van der Waals surface area contributed by atoms with Crippen LogP contribution in [0.1, 0.15) is 25.8 Å². The first-order valence-electron chi connectivity index (χ1n) is 6.43. The van der Waals surface area contributed by atoms with E-state index in [2.05, 4.69) is 5.32 Å². The third-order valence-electron chi connectivity index (χ3n) is 3.76. The maximum Gasteiger partial charge on any atom is 0.328 e. The number of nitrogens with zero attached hydrogens (tertiary/aromatic N) is 1. The van der Waals surface area contributed by atoms with Crippen molar-refractivity contribution in [2.75, 3.05) is 11.4 Å². The Balaban J connectivity index is 2.34. The second kappa shape index (κ2) is 5.01. The van der Waals surface area contributed by atoms with Crippen LogP contribution in [-0.2, 0) is 11.3 Å². The Morgan fingerprint density at radius 2 is 1.95 bits per heavy atom. The summed E-state index contributed by atoms with van der Waals surface area (Å²) >= 11 is 0. The van der Waals surface area contributed by atoms with Gasteiger partial charge in [0.1, 0.15) is 0 Å². The molecule has 1 heterocycles. The minimum absolute atomic E-state index is 0.153. The quantitative estimate of drug-likeness (QED) is 0.868. The van der Waals surface area contributed by atoms with E-state index in [1.807, 2.05) is 26.0 Å². The minimum Gasteiger partial charge on any atom is -0.336 e. The Bertz CT molecular complexity index is 498. The molecule has 102 valence electrons. The summed E-state index contributed by atoms with van der Waals surface area (Å²) < 4.78 is 0. The van der Waals surface area contributed by atoms with Crippen molar-refractivity contribution < 1.29 is 9.59 Å². The molecule has 3 amide bonds. The number of imide groups is 1. The molecule has 1 aliphatic heterocycles. The number of anilines is 1. The van der Waals surface area contributed by atoms with Gasteiger partial charge in [0.25, 0.3) is 0 Å². The van der Waals surface area contributed by atoms with Gasteiger partial charge in [0.2, 0.25) is 5.91 Å². The second-order valence-corrected chi connectivity index (χ2v) is 5.08. The van der Waals surface area contributed by atoms with Gasteiger partial charge in [-0.3, -0.25) is 4.79 Å². The van der Waals surface area contributed by atoms with E-state index in [-0.39, 0.29) is 11.9 Å². The van der Waals surface area contributed by atoms with E-state index in [0.29, 0.717) is 25.2 Å². The van der Waals surface area contributed by atoms with E-state index >= 15 is 0 Å². The van der Waals surface area contributed by atoms with Crippen LogP contribution in [0, 0.1) is 5.41 Å². The number of carbonyl (C=O) groups excluding carboxylic acids is 2. The summed E-state index contributed by atoms with van der Waals surface area (Å²) in [5.74, 6) is -0.153. The van der Waals surface area contributed by atoms with Crippen LogP contribution in [0.4, 0.5) is 10.5 Å². The Labute approximate surface area is 112 Å². The molecule has 0 aromatic heterocycles. The lowest BCUT2D eigenvalue weighted by atomic mass is 9.84. The standard InChI is InChI=1S/C14H19N3O2/c1-3-14(2)9-16-13(19)17(12(14)18)11-6-4-10(8-15)5-7-11/h4-7H,3,8-9,15H2,1-2H3,(H,16,19). The SMILES string of the molecule is CCC1(C)CNC(=O)N(c2ccc(CN)cc2)C1=O. The highest BCUT2D eigenvalue weighted by Gasteiger charge is 2.43. The molecule has 0 aliphatic carbocycles. The van der Waals surface area contributed by atoms with E-state index in [1.54, 1.807) is 12.1 Å². The molecular weight excluding hydrogens is 242 g/mol. The molecule has 1 saturated heterocycles. The molecule has 2 rings (SSSR count). The number of carbonyl (C=O) groups is 2. The summed E-state index contributed by atoms with van der Waals surface area (Å²) in [5, 5.41) is 2.77. The van der Waals surface area contributed by atoms with Crippen molar-refractivity contribution in [2.45, 2.75) is 26.8 Å². The van der Waals surface area contributed by atoms with Gasteiger partial charge in [-0.25, -0.2) is 9.69 Å². The van der Waals surface area contributed by atoms with Crippen LogP contribution in [0.3, 0.4) is 0 Å². The Morgan fingerprint density at radius 1 is 1.32 bits per heavy atom. The molecule has 5 heteroatoms. The molecule has 1 fully saturated rings. The van der Waals surface area contributed by atoms with Crippen molar-refractivity contribution in [3.63, 3.8) is 0 Å². The third kappa shape index (κ3) is 2.33. The molecule has 5 nitrogen and oxygen atoms in total. The number of amides is 3. The van der Waals surface area contributed by atoms with Gasteiger partial charge < -0.3 is 11.1 Å². The van der Waals surface area contributed by atoms with Crippen LogP contribution < -0.4 is 16.0 Å². The molecule has 1 unspecified atom stereocenters. The molecule has 0 spiro atoms. The fourth-order valence-electron chi connectivity index (χ4n) is 2.08. The van der Waals surface area contributed by atoms with Crippen LogP contribution >= 0.6 is 0 Å². The highest BCUT2D eigenvalue weighted by molar-refractivity contribution is 6.17. The summed E-state index contributed by atoms with van der Waals surface area (Å²) in [6.07, 6.45) is 0.684. The smallest absolute Gasteiger partial charge is 0.328 e. The first-order valence-corrected chi connectivity index (χ1v) is 6.43. The van der Waals surface area contributed by atoms with Crippen LogP contribution in [0.2, 0.25) is 0 Å². The van der Waals surface area contributed by atoms with Crippen LogP contribution in [0.5, 0.6) is 0 Å². The Morgan fingerprint density at radius 3 is 2.47 bits per heavy atom. The van der Waals surface area contributed by atoms with Crippen molar-refractivity contribution in [1.82, 2.24) is 5.32 Å². The summed E-state index contributed by atoms with van der Waals surface area (Å²) in [4.78, 5) is 25.6. The normalized spacial score (nSPS) is 23.4. The van der Waals surface area contributed by atoms with E-state index in [9.17, 15) is 9.59 Å². The summed E-state index contributed by atoms with van der Waals surface area (Å²) in [5.41, 5.74) is 6.54. The number of nitrogens with two attached hydrogens (primary N) is 1.